The molecule has 5 nitrogen and oxygen atoms in total. The van der Waals surface area contributed by atoms with E-state index in [1.807, 2.05) is 6.92 Å². The third-order valence-electron chi connectivity index (χ3n) is 3.49. The standard InChI is InChI=1S/C18H21NO4S/c1-2-3-18(20)23-15-6-10-17(11-7-15)24(21,22)16-8-4-14(5-9-16)12-13-19/h4-11H,2-3,12-13,19H2,1H3. The predicted molar refractivity (Wildman–Crippen MR) is 91.6 cm³/mol. The van der Waals surface area contributed by atoms with Crippen molar-refractivity contribution in [3.63, 3.8) is 0 Å². The molecule has 0 bridgehead atoms. The van der Waals surface area contributed by atoms with E-state index in [1.165, 1.54) is 24.3 Å². The highest BCUT2D eigenvalue weighted by Gasteiger charge is 2.17. The van der Waals surface area contributed by atoms with E-state index < -0.39 is 9.84 Å². The second-order valence-electron chi connectivity index (χ2n) is 5.38. The molecule has 0 saturated carbocycles. The van der Waals surface area contributed by atoms with Crippen LogP contribution in [0.3, 0.4) is 0 Å². The van der Waals surface area contributed by atoms with Crippen LogP contribution in [0.15, 0.2) is 58.3 Å². The van der Waals surface area contributed by atoms with Gasteiger partial charge in [-0.25, -0.2) is 8.42 Å². The topological polar surface area (TPSA) is 86.5 Å². The van der Waals surface area contributed by atoms with Crippen LogP contribution in [0.2, 0.25) is 0 Å². The van der Waals surface area contributed by atoms with Gasteiger partial charge in [0.05, 0.1) is 9.79 Å². The lowest BCUT2D eigenvalue weighted by Crippen LogP contribution is -2.07. The minimum atomic E-state index is -3.60. The fourth-order valence-corrected chi connectivity index (χ4v) is 3.47. The average Bonchev–Trinajstić information content (AvgIpc) is 2.56. The van der Waals surface area contributed by atoms with Crippen LogP contribution >= 0.6 is 0 Å². The molecule has 0 aliphatic heterocycles. The molecule has 0 amide bonds. The lowest BCUT2D eigenvalue weighted by Gasteiger charge is -2.07. The molecule has 0 aromatic heterocycles. The highest BCUT2D eigenvalue weighted by Crippen LogP contribution is 2.23. The van der Waals surface area contributed by atoms with Crippen LogP contribution in [0.4, 0.5) is 0 Å². The Bertz CT molecular complexity index is 781. The Morgan fingerprint density at radius 1 is 1.00 bits per heavy atom. The second kappa shape index (κ2) is 8.08. The number of sulfone groups is 1. The number of hydrogen-bond donors (Lipinski definition) is 1. The summed E-state index contributed by atoms with van der Waals surface area (Å²) in [6.45, 7) is 2.40. The van der Waals surface area contributed by atoms with E-state index in [0.717, 1.165) is 5.56 Å². The van der Waals surface area contributed by atoms with E-state index in [9.17, 15) is 13.2 Å². The third-order valence-corrected chi connectivity index (χ3v) is 5.27. The van der Waals surface area contributed by atoms with Crippen molar-refractivity contribution in [3.8, 4) is 5.75 Å². The molecule has 128 valence electrons. The quantitative estimate of drug-likeness (QED) is 0.615. The first-order valence-corrected chi connectivity index (χ1v) is 9.30. The van der Waals surface area contributed by atoms with Crippen molar-refractivity contribution >= 4 is 15.8 Å². The smallest absolute Gasteiger partial charge is 0.311 e. The average molecular weight is 347 g/mol. The van der Waals surface area contributed by atoms with Crippen molar-refractivity contribution in [1.29, 1.82) is 0 Å². The molecule has 6 heteroatoms. The van der Waals surface area contributed by atoms with Crippen molar-refractivity contribution in [2.24, 2.45) is 5.73 Å². The number of rotatable bonds is 7. The summed E-state index contributed by atoms with van der Waals surface area (Å²) in [5.41, 5.74) is 6.48. The molecule has 24 heavy (non-hydrogen) atoms. The first kappa shape index (κ1) is 18.2. The van der Waals surface area contributed by atoms with Gasteiger partial charge in [-0.2, -0.15) is 0 Å². The van der Waals surface area contributed by atoms with Gasteiger partial charge in [-0.05, 0) is 61.3 Å². The lowest BCUT2D eigenvalue weighted by atomic mass is 10.2. The van der Waals surface area contributed by atoms with Crippen LogP contribution in [0, 0.1) is 0 Å². The van der Waals surface area contributed by atoms with Crippen LogP contribution in [0.5, 0.6) is 5.75 Å². The van der Waals surface area contributed by atoms with Crippen LogP contribution < -0.4 is 10.5 Å². The van der Waals surface area contributed by atoms with Gasteiger partial charge >= 0.3 is 5.97 Å². The summed E-state index contributed by atoms with van der Waals surface area (Å²) in [6, 6.07) is 12.5. The van der Waals surface area contributed by atoms with Gasteiger partial charge in [0.15, 0.2) is 0 Å². The molecule has 2 N–H and O–H groups in total. The molecule has 0 aliphatic carbocycles. The summed E-state index contributed by atoms with van der Waals surface area (Å²) in [5.74, 6) is 0.00860. The van der Waals surface area contributed by atoms with Crippen molar-refractivity contribution < 1.29 is 17.9 Å². The molecule has 0 unspecified atom stereocenters. The molecule has 0 heterocycles. The van der Waals surface area contributed by atoms with E-state index in [2.05, 4.69) is 0 Å². The van der Waals surface area contributed by atoms with Gasteiger partial charge in [0, 0.05) is 6.42 Å². The first-order chi connectivity index (χ1) is 11.5. The summed E-state index contributed by atoms with van der Waals surface area (Å²) in [6.07, 6.45) is 1.73. The fourth-order valence-electron chi connectivity index (χ4n) is 2.21. The lowest BCUT2D eigenvalue weighted by molar-refractivity contribution is -0.134. The Kier molecular flexibility index (Phi) is 6.11. The zero-order chi connectivity index (χ0) is 17.6. The normalized spacial score (nSPS) is 11.2. The van der Waals surface area contributed by atoms with E-state index in [4.69, 9.17) is 10.5 Å². The Balaban J connectivity index is 2.18. The van der Waals surface area contributed by atoms with Gasteiger partial charge in [0.1, 0.15) is 5.75 Å². The Morgan fingerprint density at radius 2 is 1.54 bits per heavy atom. The number of benzene rings is 2. The minimum absolute atomic E-state index is 0.157. The maximum Gasteiger partial charge on any atom is 0.311 e. The minimum Gasteiger partial charge on any atom is -0.427 e. The molecule has 0 radical (unpaired) electrons. The Hall–Kier alpha value is -2.18. The van der Waals surface area contributed by atoms with Gasteiger partial charge in [-0.3, -0.25) is 4.79 Å². The van der Waals surface area contributed by atoms with E-state index in [1.54, 1.807) is 24.3 Å². The number of nitrogens with two attached hydrogens (primary N) is 1. The van der Waals surface area contributed by atoms with Gasteiger partial charge in [0.2, 0.25) is 9.84 Å². The van der Waals surface area contributed by atoms with Gasteiger partial charge in [0.25, 0.3) is 0 Å². The Labute approximate surface area is 142 Å². The number of carbonyl (C=O) groups excluding carboxylic acids is 1. The molecule has 0 saturated heterocycles. The highest BCUT2D eigenvalue weighted by atomic mass is 32.2. The largest absolute Gasteiger partial charge is 0.427 e. The monoisotopic (exact) mass is 347 g/mol. The highest BCUT2D eigenvalue weighted by molar-refractivity contribution is 7.91. The van der Waals surface area contributed by atoms with E-state index in [0.29, 0.717) is 31.6 Å². The number of esters is 1. The molecular formula is C18H21NO4S. The maximum absolute atomic E-state index is 12.6. The van der Waals surface area contributed by atoms with Gasteiger partial charge in [-0.1, -0.05) is 19.1 Å². The molecule has 2 aromatic carbocycles. The van der Waals surface area contributed by atoms with Crippen molar-refractivity contribution in [2.45, 2.75) is 36.0 Å². The molecular weight excluding hydrogens is 326 g/mol. The van der Waals surface area contributed by atoms with Crippen molar-refractivity contribution in [3.05, 3.63) is 54.1 Å². The van der Waals surface area contributed by atoms with Crippen LogP contribution in [-0.2, 0) is 21.1 Å². The number of hydrogen-bond acceptors (Lipinski definition) is 5. The predicted octanol–water partition coefficient (Wildman–Crippen LogP) is 2.73. The molecule has 0 aliphatic rings. The maximum atomic E-state index is 12.6. The summed E-state index contributed by atoms with van der Waals surface area (Å²) < 4.78 is 30.3. The third kappa shape index (κ3) is 4.43. The van der Waals surface area contributed by atoms with Gasteiger partial charge in [-0.15, -0.1) is 0 Å². The van der Waals surface area contributed by atoms with Crippen LogP contribution in [0.25, 0.3) is 0 Å². The molecule has 0 spiro atoms. The zero-order valence-electron chi connectivity index (χ0n) is 13.6. The van der Waals surface area contributed by atoms with Crippen LogP contribution in [-0.4, -0.2) is 20.9 Å². The molecule has 2 aromatic rings. The van der Waals surface area contributed by atoms with Crippen molar-refractivity contribution in [2.75, 3.05) is 6.54 Å². The second-order valence-corrected chi connectivity index (χ2v) is 7.33. The Morgan fingerprint density at radius 3 is 2.04 bits per heavy atom. The summed E-state index contributed by atoms with van der Waals surface area (Å²) in [7, 11) is -3.60. The summed E-state index contributed by atoms with van der Waals surface area (Å²) >= 11 is 0. The summed E-state index contributed by atoms with van der Waals surface area (Å²) in [5, 5.41) is 0. The molecule has 2 rings (SSSR count). The zero-order valence-corrected chi connectivity index (χ0v) is 14.4. The molecule has 0 fully saturated rings. The fraction of sp³-hybridized carbons (Fsp3) is 0.278. The van der Waals surface area contributed by atoms with Crippen molar-refractivity contribution in [1.82, 2.24) is 0 Å². The van der Waals surface area contributed by atoms with Gasteiger partial charge < -0.3 is 10.5 Å². The summed E-state index contributed by atoms with van der Waals surface area (Å²) in [4.78, 5) is 11.8. The van der Waals surface area contributed by atoms with Crippen LogP contribution in [0.1, 0.15) is 25.3 Å². The molecule has 0 atom stereocenters. The number of ether oxygens (including phenoxy) is 1. The SMILES string of the molecule is CCCC(=O)Oc1ccc(S(=O)(=O)c2ccc(CCN)cc2)cc1. The van der Waals surface area contributed by atoms with E-state index >= 15 is 0 Å². The number of carbonyl (C=O) groups is 1. The van der Waals surface area contributed by atoms with E-state index in [-0.39, 0.29) is 15.8 Å². The first-order valence-electron chi connectivity index (χ1n) is 7.82.